The van der Waals surface area contributed by atoms with E-state index in [2.05, 4.69) is 38.5 Å². The summed E-state index contributed by atoms with van der Waals surface area (Å²) in [5, 5.41) is 12.6. The number of thiophene rings is 1. The van der Waals surface area contributed by atoms with Crippen molar-refractivity contribution in [3.05, 3.63) is 46.8 Å². The maximum Gasteiger partial charge on any atom is 0.414 e. The molecule has 1 aromatic carbocycles. The number of hydrogen-bond acceptors (Lipinski definition) is 9. The van der Waals surface area contributed by atoms with Crippen molar-refractivity contribution in [2.24, 2.45) is 5.92 Å². The van der Waals surface area contributed by atoms with Gasteiger partial charge in [0.05, 0.1) is 31.4 Å². The number of benzene rings is 1. The smallest absolute Gasteiger partial charge is 0.414 e. The zero-order valence-electron chi connectivity index (χ0n) is 18.4. The number of fused-ring (bicyclic) bond motifs is 1. The number of methoxy groups -OCH3 is 1. The van der Waals surface area contributed by atoms with E-state index in [1.165, 1.54) is 16.9 Å². The Kier molecular flexibility index (Phi) is 7.23. The lowest BCUT2D eigenvalue weighted by atomic mass is 9.94. The summed E-state index contributed by atoms with van der Waals surface area (Å²) < 4.78 is 9.98. The molecule has 11 heteroatoms. The summed E-state index contributed by atoms with van der Waals surface area (Å²) in [7, 11) is 1.65. The van der Waals surface area contributed by atoms with Gasteiger partial charge in [0, 0.05) is 25.6 Å². The SMILES string of the molecule is CCOC(=O)NC(=O)c1ccsc1NC(=O)C1CNC2C(c3ccc(OC)cc3)CNN2C1. The quantitative estimate of drug-likeness (QED) is 0.501. The number of nitrogens with one attached hydrogen (secondary N) is 4. The maximum absolute atomic E-state index is 12.9. The third-order valence-corrected chi connectivity index (χ3v) is 6.60. The first-order chi connectivity index (χ1) is 16.0. The van der Waals surface area contributed by atoms with Gasteiger partial charge in [-0.25, -0.2) is 9.80 Å². The van der Waals surface area contributed by atoms with Crippen LogP contribution in [-0.2, 0) is 9.53 Å². The summed E-state index contributed by atoms with van der Waals surface area (Å²) in [5.74, 6) is -0.0562. The maximum atomic E-state index is 12.9. The zero-order valence-corrected chi connectivity index (χ0v) is 19.2. The molecule has 10 nitrogen and oxygen atoms in total. The van der Waals surface area contributed by atoms with E-state index < -0.39 is 12.0 Å². The lowest BCUT2D eigenvalue weighted by Crippen LogP contribution is -2.58. The van der Waals surface area contributed by atoms with Crippen LogP contribution in [0.1, 0.15) is 28.8 Å². The molecule has 4 rings (SSSR count). The second-order valence-corrected chi connectivity index (χ2v) is 8.69. The van der Waals surface area contributed by atoms with Gasteiger partial charge in [-0.1, -0.05) is 12.1 Å². The molecule has 0 radical (unpaired) electrons. The number of hydrogen-bond donors (Lipinski definition) is 4. The van der Waals surface area contributed by atoms with Crippen molar-refractivity contribution in [2.45, 2.75) is 19.0 Å². The molecule has 2 aliphatic heterocycles. The number of nitrogens with zero attached hydrogens (tertiary/aromatic N) is 1. The molecule has 2 saturated heterocycles. The Morgan fingerprint density at radius 3 is 2.70 bits per heavy atom. The van der Waals surface area contributed by atoms with Crippen LogP contribution in [0.15, 0.2) is 35.7 Å². The van der Waals surface area contributed by atoms with Crippen molar-refractivity contribution in [3.8, 4) is 5.75 Å². The fourth-order valence-electron chi connectivity index (χ4n) is 4.09. The van der Waals surface area contributed by atoms with Gasteiger partial charge < -0.3 is 14.8 Å². The standard InChI is InChI=1S/C22H27N5O5S/c1-3-32-22(30)26-20(29)16-8-9-33-21(16)25-19(28)14-10-23-18-17(11-24-27(18)12-14)13-4-6-15(31-2)7-5-13/h4-9,14,17-18,23-24H,3,10-12H2,1-2H3,(H,25,28)(H,26,29,30). The number of hydrazine groups is 1. The Bertz CT molecular complexity index is 1010. The molecule has 3 unspecified atom stereocenters. The Hall–Kier alpha value is -2.99. The molecule has 2 fully saturated rings. The number of imide groups is 1. The fraction of sp³-hybridized carbons (Fsp3) is 0.409. The van der Waals surface area contributed by atoms with Gasteiger partial charge in [-0.3, -0.25) is 25.6 Å². The van der Waals surface area contributed by atoms with Crippen molar-refractivity contribution in [1.29, 1.82) is 0 Å². The van der Waals surface area contributed by atoms with Crippen LogP contribution < -0.4 is 26.1 Å². The first-order valence-corrected chi connectivity index (χ1v) is 11.6. The fourth-order valence-corrected chi connectivity index (χ4v) is 4.88. The van der Waals surface area contributed by atoms with E-state index in [0.717, 1.165) is 12.3 Å². The molecule has 0 saturated carbocycles. The molecule has 3 atom stereocenters. The Morgan fingerprint density at radius 2 is 1.97 bits per heavy atom. The minimum atomic E-state index is -0.819. The Morgan fingerprint density at radius 1 is 1.18 bits per heavy atom. The van der Waals surface area contributed by atoms with Crippen LogP contribution in [0, 0.1) is 5.92 Å². The topological polar surface area (TPSA) is 121 Å². The molecule has 2 aliphatic rings. The van der Waals surface area contributed by atoms with Crippen molar-refractivity contribution < 1.29 is 23.9 Å². The molecular weight excluding hydrogens is 446 g/mol. The van der Waals surface area contributed by atoms with Gasteiger partial charge in [0.1, 0.15) is 10.8 Å². The first kappa shape index (κ1) is 23.2. The van der Waals surface area contributed by atoms with E-state index in [0.29, 0.717) is 18.1 Å². The molecule has 0 aliphatic carbocycles. The monoisotopic (exact) mass is 473 g/mol. The van der Waals surface area contributed by atoms with E-state index in [-0.39, 0.29) is 36.1 Å². The van der Waals surface area contributed by atoms with Crippen LogP contribution in [0.5, 0.6) is 5.75 Å². The zero-order chi connectivity index (χ0) is 23.4. The van der Waals surface area contributed by atoms with E-state index in [4.69, 9.17) is 9.47 Å². The second-order valence-electron chi connectivity index (χ2n) is 7.77. The number of rotatable bonds is 6. The third kappa shape index (κ3) is 5.17. The summed E-state index contributed by atoms with van der Waals surface area (Å²) in [6.07, 6.45) is -0.741. The number of alkyl carbamates (subject to hydrolysis) is 1. The average molecular weight is 474 g/mol. The second kappa shape index (κ2) is 10.3. The summed E-state index contributed by atoms with van der Waals surface area (Å²) in [6.45, 7) is 3.62. The molecule has 0 spiro atoms. The van der Waals surface area contributed by atoms with Gasteiger partial charge in [-0.15, -0.1) is 11.3 Å². The number of amides is 3. The van der Waals surface area contributed by atoms with E-state index in [1.54, 1.807) is 25.5 Å². The van der Waals surface area contributed by atoms with Gasteiger partial charge >= 0.3 is 6.09 Å². The van der Waals surface area contributed by atoms with E-state index in [1.807, 2.05) is 12.1 Å². The highest BCUT2D eigenvalue weighted by molar-refractivity contribution is 7.14. The predicted molar refractivity (Wildman–Crippen MR) is 123 cm³/mol. The molecule has 0 bridgehead atoms. The highest BCUT2D eigenvalue weighted by atomic mass is 32.1. The predicted octanol–water partition coefficient (Wildman–Crippen LogP) is 1.73. The Balaban J connectivity index is 1.35. The molecule has 4 N–H and O–H groups in total. The van der Waals surface area contributed by atoms with Gasteiger partial charge in [-0.05, 0) is 36.1 Å². The van der Waals surface area contributed by atoms with Gasteiger partial charge in [-0.2, -0.15) is 0 Å². The summed E-state index contributed by atoms with van der Waals surface area (Å²) in [6, 6.07) is 9.59. The molecule has 1 aromatic heterocycles. The number of carbonyl (C=O) groups is 3. The third-order valence-electron chi connectivity index (χ3n) is 5.77. The number of ether oxygens (including phenoxy) is 2. The summed E-state index contributed by atoms with van der Waals surface area (Å²) >= 11 is 1.23. The molecule has 33 heavy (non-hydrogen) atoms. The minimum absolute atomic E-state index is 0.0788. The lowest BCUT2D eigenvalue weighted by molar-refractivity contribution is -0.122. The molecule has 3 amide bonds. The lowest BCUT2D eigenvalue weighted by Gasteiger charge is -2.36. The van der Waals surface area contributed by atoms with Gasteiger partial charge in [0.2, 0.25) is 5.91 Å². The molecular formula is C22H27N5O5S. The Labute approximate surface area is 195 Å². The first-order valence-electron chi connectivity index (χ1n) is 10.7. The summed E-state index contributed by atoms with van der Waals surface area (Å²) in [4.78, 5) is 36.8. The van der Waals surface area contributed by atoms with E-state index >= 15 is 0 Å². The van der Waals surface area contributed by atoms with Crippen molar-refractivity contribution >= 4 is 34.2 Å². The van der Waals surface area contributed by atoms with Crippen LogP contribution in [0.3, 0.4) is 0 Å². The van der Waals surface area contributed by atoms with Crippen molar-refractivity contribution in [2.75, 3.05) is 38.7 Å². The van der Waals surface area contributed by atoms with E-state index in [9.17, 15) is 14.4 Å². The van der Waals surface area contributed by atoms with Crippen LogP contribution in [0.2, 0.25) is 0 Å². The number of carbonyl (C=O) groups excluding carboxylic acids is 3. The van der Waals surface area contributed by atoms with Crippen molar-refractivity contribution in [1.82, 2.24) is 21.1 Å². The molecule has 176 valence electrons. The minimum Gasteiger partial charge on any atom is -0.497 e. The molecule has 3 heterocycles. The van der Waals surface area contributed by atoms with Crippen LogP contribution in [-0.4, -0.2) is 62.4 Å². The highest BCUT2D eigenvalue weighted by Gasteiger charge is 2.41. The highest BCUT2D eigenvalue weighted by Crippen LogP contribution is 2.30. The normalized spacial score (nSPS) is 22.3. The van der Waals surface area contributed by atoms with Crippen molar-refractivity contribution in [3.63, 3.8) is 0 Å². The largest absolute Gasteiger partial charge is 0.497 e. The molecule has 2 aromatic rings. The summed E-state index contributed by atoms with van der Waals surface area (Å²) in [5.41, 5.74) is 4.81. The van der Waals surface area contributed by atoms with Gasteiger partial charge in [0.25, 0.3) is 5.91 Å². The van der Waals surface area contributed by atoms with Gasteiger partial charge in [0.15, 0.2) is 0 Å². The van der Waals surface area contributed by atoms with Crippen LogP contribution >= 0.6 is 11.3 Å². The van der Waals surface area contributed by atoms with Crippen LogP contribution in [0.4, 0.5) is 9.80 Å². The average Bonchev–Trinajstić information content (AvgIpc) is 3.45. The number of anilines is 1. The van der Waals surface area contributed by atoms with Crippen LogP contribution in [0.25, 0.3) is 0 Å².